The van der Waals surface area contributed by atoms with Gasteiger partial charge in [-0.2, -0.15) is 0 Å². The van der Waals surface area contributed by atoms with Gasteiger partial charge in [0.1, 0.15) is 0 Å². The topological polar surface area (TPSA) is 38.5 Å². The Labute approximate surface area is 49.4 Å². The van der Waals surface area contributed by atoms with Crippen LogP contribution >= 0.6 is 0 Å². The number of nitrogens with zero attached hydrogens (tertiary/aromatic N) is 1. The van der Waals surface area contributed by atoms with E-state index in [1.807, 2.05) is 6.92 Å². The molecule has 0 aromatic rings. The van der Waals surface area contributed by atoms with E-state index >= 15 is 0 Å². The molecule has 1 fully saturated rings. The molecule has 1 rings (SSSR count). The van der Waals surface area contributed by atoms with Crippen LogP contribution in [-0.2, 0) is 4.74 Å². The number of rotatable bonds is 0. The van der Waals surface area contributed by atoms with Gasteiger partial charge in [0, 0.05) is 13.1 Å². The Morgan fingerprint density at radius 1 is 1.75 bits per heavy atom. The molecule has 1 heterocycles. The van der Waals surface area contributed by atoms with E-state index in [2.05, 4.69) is 0 Å². The lowest BCUT2D eigenvalue weighted by atomic mass is 10.3. The van der Waals surface area contributed by atoms with Crippen LogP contribution < -0.4 is 5.84 Å². The van der Waals surface area contributed by atoms with Crippen LogP contribution in [0.2, 0.25) is 0 Å². The Balaban J connectivity index is 2.23. The van der Waals surface area contributed by atoms with Crippen LogP contribution in [0.5, 0.6) is 0 Å². The summed E-state index contributed by atoms with van der Waals surface area (Å²) in [4.78, 5) is 0. The molecule has 0 saturated carbocycles. The van der Waals surface area contributed by atoms with Gasteiger partial charge in [-0.05, 0) is 6.92 Å². The summed E-state index contributed by atoms with van der Waals surface area (Å²) in [5.74, 6) is 5.48. The molecule has 1 aliphatic heterocycles. The van der Waals surface area contributed by atoms with Crippen LogP contribution in [0.1, 0.15) is 6.92 Å². The summed E-state index contributed by atoms with van der Waals surface area (Å²) in [5, 5.41) is 1.79. The molecule has 0 aromatic heterocycles. The van der Waals surface area contributed by atoms with Crippen molar-refractivity contribution in [3.8, 4) is 0 Å². The molecule has 48 valence electrons. The molecular formula is C5H12N2O. The summed E-state index contributed by atoms with van der Waals surface area (Å²) in [6.45, 7) is 4.53. The lowest BCUT2D eigenvalue weighted by molar-refractivity contribution is -0.0185. The van der Waals surface area contributed by atoms with E-state index in [0.717, 1.165) is 19.7 Å². The van der Waals surface area contributed by atoms with Crippen molar-refractivity contribution in [3.05, 3.63) is 0 Å². The van der Waals surface area contributed by atoms with Crippen LogP contribution in [0.25, 0.3) is 0 Å². The summed E-state index contributed by atoms with van der Waals surface area (Å²) < 4.78 is 5.23. The van der Waals surface area contributed by atoms with E-state index in [9.17, 15) is 0 Å². The molecule has 0 unspecified atom stereocenters. The molecule has 0 aromatic carbocycles. The third kappa shape index (κ3) is 1.43. The van der Waals surface area contributed by atoms with Crippen LogP contribution in [0.15, 0.2) is 0 Å². The normalized spacial score (nSPS) is 33.0. The number of hydrogen-bond donors (Lipinski definition) is 1. The first-order valence-corrected chi connectivity index (χ1v) is 2.90. The third-order valence-electron chi connectivity index (χ3n) is 1.27. The van der Waals surface area contributed by atoms with E-state index < -0.39 is 0 Å². The van der Waals surface area contributed by atoms with Gasteiger partial charge in [0.25, 0.3) is 0 Å². The summed E-state index contributed by atoms with van der Waals surface area (Å²) in [6, 6.07) is 0. The second kappa shape index (κ2) is 2.44. The van der Waals surface area contributed by atoms with Gasteiger partial charge in [-0.3, -0.25) is 5.84 Å². The predicted molar refractivity (Wildman–Crippen MR) is 31.2 cm³/mol. The summed E-state index contributed by atoms with van der Waals surface area (Å²) in [7, 11) is 0. The first-order valence-electron chi connectivity index (χ1n) is 2.90. The maximum absolute atomic E-state index is 5.48. The van der Waals surface area contributed by atoms with E-state index in [4.69, 9.17) is 10.6 Å². The fraction of sp³-hybridized carbons (Fsp3) is 1.00. The average molecular weight is 116 g/mol. The maximum atomic E-state index is 5.48. The molecule has 0 aliphatic carbocycles. The summed E-state index contributed by atoms with van der Waals surface area (Å²) >= 11 is 0. The van der Waals surface area contributed by atoms with E-state index in [1.54, 1.807) is 5.01 Å². The predicted octanol–water partition coefficient (Wildman–Crippen LogP) is -0.419. The first kappa shape index (κ1) is 6.01. The second-order valence-electron chi connectivity index (χ2n) is 2.18. The van der Waals surface area contributed by atoms with Gasteiger partial charge >= 0.3 is 0 Å². The monoisotopic (exact) mass is 116 g/mol. The molecule has 1 aliphatic rings. The zero-order chi connectivity index (χ0) is 5.98. The van der Waals surface area contributed by atoms with Gasteiger partial charge in [-0.1, -0.05) is 0 Å². The molecule has 8 heavy (non-hydrogen) atoms. The van der Waals surface area contributed by atoms with Crippen LogP contribution in [-0.4, -0.2) is 30.8 Å². The standard InChI is InChI=1S/C5H12N2O/c1-5-4-7(6)2-3-8-5/h5H,2-4,6H2,1H3/t5-/m0/s1. The van der Waals surface area contributed by atoms with Crippen molar-refractivity contribution in [1.82, 2.24) is 5.01 Å². The van der Waals surface area contributed by atoms with Gasteiger partial charge in [0.2, 0.25) is 0 Å². The number of hydrogen-bond acceptors (Lipinski definition) is 3. The maximum Gasteiger partial charge on any atom is 0.0688 e. The van der Waals surface area contributed by atoms with Gasteiger partial charge in [-0.15, -0.1) is 0 Å². The van der Waals surface area contributed by atoms with Crippen molar-refractivity contribution in [2.75, 3.05) is 19.7 Å². The Kier molecular flexibility index (Phi) is 1.83. The van der Waals surface area contributed by atoms with Crippen LogP contribution in [0, 0.1) is 0 Å². The van der Waals surface area contributed by atoms with Crippen molar-refractivity contribution in [2.24, 2.45) is 5.84 Å². The van der Waals surface area contributed by atoms with Gasteiger partial charge < -0.3 is 4.74 Å². The highest BCUT2D eigenvalue weighted by Crippen LogP contribution is 1.97. The van der Waals surface area contributed by atoms with E-state index in [1.165, 1.54) is 0 Å². The van der Waals surface area contributed by atoms with E-state index in [0.29, 0.717) is 6.10 Å². The lowest BCUT2D eigenvalue weighted by Crippen LogP contribution is -2.45. The Morgan fingerprint density at radius 2 is 2.50 bits per heavy atom. The molecule has 0 bridgehead atoms. The SMILES string of the molecule is C[C@H]1CN(N)CCO1. The largest absolute Gasteiger partial charge is 0.376 e. The molecule has 3 nitrogen and oxygen atoms in total. The summed E-state index contributed by atoms with van der Waals surface area (Å²) in [6.07, 6.45) is 0.314. The lowest BCUT2D eigenvalue weighted by Gasteiger charge is -2.26. The fourth-order valence-electron chi connectivity index (χ4n) is 0.845. The molecule has 3 heteroatoms. The van der Waals surface area contributed by atoms with E-state index in [-0.39, 0.29) is 0 Å². The molecular weight excluding hydrogens is 104 g/mol. The average Bonchev–Trinajstić information content (AvgIpc) is 1.64. The molecule has 1 saturated heterocycles. The zero-order valence-corrected chi connectivity index (χ0v) is 5.13. The number of hydrazine groups is 1. The minimum Gasteiger partial charge on any atom is -0.376 e. The quantitative estimate of drug-likeness (QED) is 0.437. The highest BCUT2D eigenvalue weighted by atomic mass is 16.5. The molecule has 2 N–H and O–H groups in total. The highest BCUT2D eigenvalue weighted by Gasteiger charge is 2.11. The van der Waals surface area contributed by atoms with Gasteiger partial charge in [0.15, 0.2) is 0 Å². The van der Waals surface area contributed by atoms with Crippen molar-refractivity contribution in [2.45, 2.75) is 13.0 Å². The summed E-state index contributed by atoms with van der Waals surface area (Å²) in [5.41, 5.74) is 0. The number of morpholine rings is 1. The van der Waals surface area contributed by atoms with Crippen molar-refractivity contribution >= 4 is 0 Å². The van der Waals surface area contributed by atoms with Crippen molar-refractivity contribution < 1.29 is 4.74 Å². The molecule has 0 spiro atoms. The van der Waals surface area contributed by atoms with Crippen molar-refractivity contribution in [1.29, 1.82) is 0 Å². The highest BCUT2D eigenvalue weighted by molar-refractivity contribution is 4.61. The minimum atomic E-state index is 0.314. The smallest absolute Gasteiger partial charge is 0.0688 e. The Morgan fingerprint density at radius 3 is 2.88 bits per heavy atom. The molecule has 1 atom stereocenters. The zero-order valence-electron chi connectivity index (χ0n) is 5.13. The van der Waals surface area contributed by atoms with Crippen LogP contribution in [0.4, 0.5) is 0 Å². The number of nitrogens with two attached hydrogens (primary N) is 1. The Bertz CT molecular complexity index is 68.8. The minimum absolute atomic E-state index is 0.314. The van der Waals surface area contributed by atoms with Crippen molar-refractivity contribution in [3.63, 3.8) is 0 Å². The van der Waals surface area contributed by atoms with Crippen LogP contribution in [0.3, 0.4) is 0 Å². The fourth-order valence-corrected chi connectivity index (χ4v) is 0.845. The second-order valence-corrected chi connectivity index (χ2v) is 2.18. The molecule has 0 radical (unpaired) electrons. The number of ether oxygens (including phenoxy) is 1. The first-order chi connectivity index (χ1) is 3.79. The molecule has 0 amide bonds. The van der Waals surface area contributed by atoms with Gasteiger partial charge in [0.05, 0.1) is 12.7 Å². The van der Waals surface area contributed by atoms with Gasteiger partial charge in [-0.25, -0.2) is 5.01 Å². The third-order valence-corrected chi connectivity index (χ3v) is 1.27. The Hall–Kier alpha value is -0.120.